The first-order chi connectivity index (χ1) is 15.5. The van der Waals surface area contributed by atoms with Crippen molar-refractivity contribution in [3.63, 3.8) is 0 Å². The average Bonchev–Trinajstić information content (AvgIpc) is 3.24. The summed E-state index contributed by atoms with van der Waals surface area (Å²) < 4.78 is 16.9. The fourth-order valence-electron chi connectivity index (χ4n) is 4.85. The number of methoxy groups -OCH3 is 1. The molecule has 164 valence electrons. The summed E-state index contributed by atoms with van der Waals surface area (Å²) in [5.74, 6) is 0.305. The van der Waals surface area contributed by atoms with Gasteiger partial charge in [0.2, 0.25) is 6.79 Å². The van der Waals surface area contributed by atoms with Crippen LogP contribution >= 0.6 is 15.9 Å². The van der Waals surface area contributed by atoms with Gasteiger partial charge in [-0.3, -0.25) is 4.79 Å². The summed E-state index contributed by atoms with van der Waals surface area (Å²) in [6.07, 6.45) is 1.08. The van der Waals surface area contributed by atoms with E-state index in [1.54, 1.807) is 0 Å². The summed E-state index contributed by atoms with van der Waals surface area (Å²) in [7, 11) is 1.35. The second-order valence-electron chi connectivity index (χ2n) is 8.15. The van der Waals surface area contributed by atoms with Gasteiger partial charge in [0.15, 0.2) is 17.3 Å². The lowest BCUT2D eigenvalue weighted by Gasteiger charge is -2.37. The smallest absolute Gasteiger partial charge is 0.336 e. The fraction of sp³-hybridized carbons (Fsp3) is 0.280. The minimum atomic E-state index is -0.563. The lowest BCUT2D eigenvalue weighted by atomic mass is 9.71. The zero-order valence-electron chi connectivity index (χ0n) is 17.7. The molecule has 32 heavy (non-hydrogen) atoms. The van der Waals surface area contributed by atoms with E-state index in [2.05, 4.69) is 33.4 Å². The Hall–Kier alpha value is -3.06. The maximum absolute atomic E-state index is 13.6. The lowest BCUT2D eigenvalue weighted by molar-refractivity contribution is -0.136. The molecule has 2 aromatic rings. The van der Waals surface area contributed by atoms with E-state index in [0.717, 1.165) is 21.3 Å². The number of rotatable bonds is 3. The quantitative estimate of drug-likeness (QED) is 0.621. The molecule has 1 aliphatic carbocycles. The standard InChI is InChI=1S/C25H22BrNO5/c1-13-22(25(29)30-2)23(16-10-20-21(11-17(16)26)32-12-31-20)24-18(27-13)8-15(9-19(24)28)14-6-4-3-5-7-14/h3-7,10-11,15,23,27H,8-9,12H2,1-2H3/t15-,23+/m1/s1. The van der Waals surface area contributed by atoms with Crippen molar-refractivity contribution in [1.82, 2.24) is 5.32 Å². The van der Waals surface area contributed by atoms with Gasteiger partial charge < -0.3 is 19.5 Å². The van der Waals surface area contributed by atoms with Crippen LogP contribution in [-0.2, 0) is 14.3 Å². The molecular weight excluding hydrogens is 474 g/mol. The van der Waals surface area contributed by atoms with Crippen molar-refractivity contribution in [2.24, 2.45) is 0 Å². The molecule has 0 amide bonds. The van der Waals surface area contributed by atoms with E-state index < -0.39 is 11.9 Å². The van der Waals surface area contributed by atoms with Crippen molar-refractivity contribution < 1.29 is 23.8 Å². The van der Waals surface area contributed by atoms with Crippen molar-refractivity contribution >= 4 is 27.7 Å². The Morgan fingerprint density at radius 3 is 2.56 bits per heavy atom. The molecule has 1 N–H and O–H groups in total. The Morgan fingerprint density at radius 2 is 1.84 bits per heavy atom. The maximum Gasteiger partial charge on any atom is 0.336 e. The van der Waals surface area contributed by atoms with E-state index in [9.17, 15) is 9.59 Å². The average molecular weight is 496 g/mol. The van der Waals surface area contributed by atoms with Crippen molar-refractivity contribution in [2.45, 2.75) is 31.6 Å². The van der Waals surface area contributed by atoms with Crippen molar-refractivity contribution in [3.05, 3.63) is 80.6 Å². The predicted molar refractivity (Wildman–Crippen MR) is 121 cm³/mol. The summed E-state index contributed by atoms with van der Waals surface area (Å²) in [5, 5.41) is 3.35. The highest BCUT2D eigenvalue weighted by molar-refractivity contribution is 9.10. The zero-order valence-corrected chi connectivity index (χ0v) is 19.3. The molecule has 0 saturated heterocycles. The van der Waals surface area contributed by atoms with Gasteiger partial charge in [-0.1, -0.05) is 46.3 Å². The number of nitrogens with one attached hydrogen (secondary N) is 1. The van der Waals surface area contributed by atoms with Gasteiger partial charge in [0, 0.05) is 33.8 Å². The van der Waals surface area contributed by atoms with Crippen LogP contribution in [0.15, 0.2) is 69.5 Å². The van der Waals surface area contributed by atoms with E-state index in [0.29, 0.717) is 41.2 Å². The number of hydrogen-bond donors (Lipinski definition) is 1. The number of benzene rings is 2. The van der Waals surface area contributed by atoms with Crippen LogP contribution in [0, 0.1) is 0 Å². The number of Topliss-reactive ketones (excluding diaryl/α,β-unsaturated/α-hetero) is 1. The molecule has 2 heterocycles. The molecule has 0 spiro atoms. The molecular formula is C25H22BrNO5. The number of ketones is 1. The minimum absolute atomic E-state index is 0.0241. The fourth-order valence-corrected chi connectivity index (χ4v) is 5.40. The molecule has 0 saturated carbocycles. The first-order valence-corrected chi connectivity index (χ1v) is 11.2. The van der Waals surface area contributed by atoms with Gasteiger partial charge >= 0.3 is 5.97 Å². The third-order valence-electron chi connectivity index (χ3n) is 6.31. The number of carbonyl (C=O) groups excluding carboxylic acids is 2. The zero-order chi connectivity index (χ0) is 22.4. The third kappa shape index (κ3) is 3.41. The highest BCUT2D eigenvalue weighted by Crippen LogP contribution is 2.49. The molecule has 0 fully saturated rings. The van der Waals surface area contributed by atoms with Gasteiger partial charge in [0.1, 0.15) is 0 Å². The predicted octanol–water partition coefficient (Wildman–Crippen LogP) is 4.71. The Morgan fingerprint density at radius 1 is 1.12 bits per heavy atom. The maximum atomic E-state index is 13.6. The number of halogens is 1. The second kappa shape index (κ2) is 8.13. The van der Waals surface area contributed by atoms with Crippen molar-refractivity contribution in [2.75, 3.05) is 13.9 Å². The first-order valence-electron chi connectivity index (χ1n) is 10.4. The van der Waals surface area contributed by atoms with E-state index >= 15 is 0 Å². The second-order valence-corrected chi connectivity index (χ2v) is 9.00. The Balaban J connectivity index is 1.65. The first kappa shape index (κ1) is 20.8. The monoisotopic (exact) mass is 495 g/mol. The summed E-state index contributed by atoms with van der Waals surface area (Å²) in [6, 6.07) is 13.7. The van der Waals surface area contributed by atoms with Gasteiger partial charge in [-0.2, -0.15) is 0 Å². The minimum Gasteiger partial charge on any atom is -0.466 e. The van der Waals surface area contributed by atoms with Crippen LogP contribution in [0.1, 0.15) is 42.7 Å². The van der Waals surface area contributed by atoms with Crippen LogP contribution in [0.5, 0.6) is 11.5 Å². The van der Waals surface area contributed by atoms with Crippen molar-refractivity contribution in [3.8, 4) is 11.5 Å². The largest absolute Gasteiger partial charge is 0.466 e. The number of carbonyl (C=O) groups is 2. The molecule has 6 nitrogen and oxygen atoms in total. The summed E-state index contributed by atoms with van der Waals surface area (Å²) in [6.45, 7) is 1.99. The molecule has 0 aromatic heterocycles. The molecule has 2 aromatic carbocycles. The highest BCUT2D eigenvalue weighted by atomic mass is 79.9. The lowest BCUT2D eigenvalue weighted by Crippen LogP contribution is -2.36. The van der Waals surface area contributed by atoms with Crippen LogP contribution in [0.3, 0.4) is 0 Å². The number of hydrogen-bond acceptors (Lipinski definition) is 6. The molecule has 0 radical (unpaired) electrons. The van der Waals surface area contributed by atoms with E-state index in [1.165, 1.54) is 7.11 Å². The van der Waals surface area contributed by atoms with Crippen LogP contribution in [0.4, 0.5) is 0 Å². The number of allylic oxidation sites excluding steroid dienone is 3. The van der Waals surface area contributed by atoms with E-state index in [1.807, 2.05) is 37.3 Å². The number of ether oxygens (including phenoxy) is 3. The van der Waals surface area contributed by atoms with Crippen molar-refractivity contribution in [1.29, 1.82) is 0 Å². The van der Waals surface area contributed by atoms with Gasteiger partial charge in [-0.15, -0.1) is 0 Å². The molecule has 5 rings (SSSR count). The summed E-state index contributed by atoms with van der Waals surface area (Å²) in [5.41, 5.74) is 4.49. The SMILES string of the molecule is COC(=O)C1=C(C)NC2=C(C(=O)C[C@H](c3ccccc3)C2)[C@H]1c1cc2c(cc1Br)OCO2. The van der Waals surface area contributed by atoms with E-state index in [4.69, 9.17) is 14.2 Å². The normalized spacial score (nSPS) is 21.9. The van der Waals surface area contributed by atoms with Crippen LogP contribution in [0.25, 0.3) is 0 Å². The number of fused-ring (bicyclic) bond motifs is 1. The van der Waals surface area contributed by atoms with Crippen LogP contribution < -0.4 is 14.8 Å². The van der Waals surface area contributed by atoms with E-state index in [-0.39, 0.29) is 18.5 Å². The van der Waals surface area contributed by atoms with Crippen LogP contribution in [-0.4, -0.2) is 25.7 Å². The Kier molecular flexibility index (Phi) is 5.29. The molecule has 0 bridgehead atoms. The summed E-state index contributed by atoms with van der Waals surface area (Å²) >= 11 is 3.62. The molecule has 7 heteroatoms. The molecule has 3 aliphatic rings. The third-order valence-corrected chi connectivity index (χ3v) is 6.99. The summed E-state index contributed by atoms with van der Waals surface area (Å²) in [4.78, 5) is 26.4. The van der Waals surface area contributed by atoms with Gasteiger partial charge in [0.25, 0.3) is 0 Å². The molecule has 0 unspecified atom stereocenters. The Labute approximate surface area is 194 Å². The van der Waals surface area contributed by atoms with Gasteiger partial charge in [-0.25, -0.2) is 4.79 Å². The number of dihydropyridines is 1. The topological polar surface area (TPSA) is 73.9 Å². The molecule has 2 atom stereocenters. The highest BCUT2D eigenvalue weighted by Gasteiger charge is 2.42. The number of esters is 1. The van der Waals surface area contributed by atoms with Crippen LogP contribution in [0.2, 0.25) is 0 Å². The van der Waals surface area contributed by atoms with Gasteiger partial charge in [0.05, 0.1) is 12.7 Å². The van der Waals surface area contributed by atoms with Gasteiger partial charge in [-0.05, 0) is 42.5 Å². The molecule has 2 aliphatic heterocycles. The Bertz CT molecular complexity index is 1180.